The Bertz CT molecular complexity index is 1300. The lowest BCUT2D eigenvalue weighted by molar-refractivity contribution is -0.385. The number of amides is 2. The number of nitro benzene ring substituents is 2. The van der Waals surface area contributed by atoms with E-state index in [4.69, 9.17) is 4.84 Å². The summed E-state index contributed by atoms with van der Waals surface area (Å²) >= 11 is 0. The molecule has 2 fully saturated rings. The number of rotatable bonds is 5. The SMILES string of the molecule is O=C1[C@@H]2[C@@H](c3ccc([N+](=O)[O-])cc3)N(c3ccccc3)O[C@H]2C(=O)N1c1ccc([N+](=O)[O-])cc1. The maximum atomic E-state index is 13.5. The van der Waals surface area contributed by atoms with E-state index in [9.17, 15) is 29.8 Å². The molecule has 0 spiro atoms. The van der Waals surface area contributed by atoms with Gasteiger partial charge < -0.3 is 0 Å². The average molecular weight is 460 g/mol. The minimum absolute atomic E-state index is 0.105. The number of carbonyl (C=O) groups excluding carboxylic acids is 2. The molecule has 11 heteroatoms. The Morgan fingerprint density at radius 3 is 1.82 bits per heavy atom. The Kier molecular flexibility index (Phi) is 5.02. The second-order valence-corrected chi connectivity index (χ2v) is 7.79. The molecular weight excluding hydrogens is 444 g/mol. The van der Waals surface area contributed by atoms with E-state index in [0.29, 0.717) is 11.3 Å². The van der Waals surface area contributed by atoms with Crippen LogP contribution in [0.1, 0.15) is 11.6 Å². The van der Waals surface area contributed by atoms with Gasteiger partial charge in [-0.1, -0.05) is 30.3 Å². The molecule has 3 aromatic rings. The summed E-state index contributed by atoms with van der Waals surface area (Å²) in [5, 5.41) is 23.5. The van der Waals surface area contributed by atoms with Crippen molar-refractivity contribution >= 4 is 34.6 Å². The zero-order valence-corrected chi connectivity index (χ0v) is 17.4. The third kappa shape index (κ3) is 3.35. The van der Waals surface area contributed by atoms with Crippen molar-refractivity contribution in [1.29, 1.82) is 0 Å². The number of non-ortho nitro benzene ring substituents is 2. The normalized spacial score (nSPS) is 21.6. The maximum absolute atomic E-state index is 13.5. The fraction of sp³-hybridized carbons (Fsp3) is 0.130. The Balaban J connectivity index is 1.55. The quantitative estimate of drug-likeness (QED) is 0.320. The number of benzene rings is 3. The number of imide groups is 1. The molecule has 11 nitrogen and oxygen atoms in total. The van der Waals surface area contributed by atoms with Crippen molar-refractivity contribution in [3.63, 3.8) is 0 Å². The molecule has 0 saturated carbocycles. The molecule has 0 unspecified atom stereocenters. The molecule has 0 radical (unpaired) electrons. The van der Waals surface area contributed by atoms with Crippen molar-refractivity contribution in [3.05, 3.63) is 105 Å². The summed E-state index contributed by atoms with van der Waals surface area (Å²) in [6, 6.07) is 19.0. The third-order valence-corrected chi connectivity index (χ3v) is 5.89. The van der Waals surface area contributed by atoms with Crippen LogP contribution in [0, 0.1) is 26.1 Å². The minimum atomic E-state index is -1.12. The number of nitrogens with zero attached hydrogens (tertiary/aromatic N) is 4. The summed E-state index contributed by atoms with van der Waals surface area (Å²) in [7, 11) is 0. The van der Waals surface area contributed by atoms with Crippen molar-refractivity contribution < 1.29 is 24.3 Å². The third-order valence-electron chi connectivity index (χ3n) is 5.89. The van der Waals surface area contributed by atoms with Crippen LogP contribution in [0.2, 0.25) is 0 Å². The number of nitro groups is 2. The first-order valence-corrected chi connectivity index (χ1v) is 10.2. The molecule has 3 atom stereocenters. The predicted molar refractivity (Wildman–Crippen MR) is 119 cm³/mol. The van der Waals surface area contributed by atoms with Crippen molar-refractivity contribution in [1.82, 2.24) is 0 Å². The Hall–Kier alpha value is -4.64. The van der Waals surface area contributed by atoms with Gasteiger partial charge in [0.05, 0.1) is 27.3 Å². The van der Waals surface area contributed by atoms with E-state index in [2.05, 4.69) is 0 Å². The number of hydrogen-bond acceptors (Lipinski definition) is 8. The van der Waals surface area contributed by atoms with E-state index >= 15 is 0 Å². The number of carbonyl (C=O) groups is 2. The molecule has 0 N–H and O–H groups in total. The van der Waals surface area contributed by atoms with E-state index in [-0.39, 0.29) is 17.1 Å². The van der Waals surface area contributed by atoms with E-state index < -0.39 is 39.7 Å². The van der Waals surface area contributed by atoms with Crippen LogP contribution in [0.15, 0.2) is 78.9 Å². The van der Waals surface area contributed by atoms with Crippen molar-refractivity contribution in [2.24, 2.45) is 5.92 Å². The van der Waals surface area contributed by atoms with Crippen LogP contribution >= 0.6 is 0 Å². The fourth-order valence-electron chi connectivity index (χ4n) is 4.32. The Labute approximate surface area is 192 Å². The molecule has 170 valence electrons. The van der Waals surface area contributed by atoms with Gasteiger partial charge in [0.1, 0.15) is 5.92 Å². The van der Waals surface area contributed by atoms with Crippen LogP contribution in [0.4, 0.5) is 22.7 Å². The van der Waals surface area contributed by atoms with Gasteiger partial charge in [0.25, 0.3) is 17.3 Å². The number of anilines is 2. The Morgan fingerprint density at radius 1 is 0.706 bits per heavy atom. The van der Waals surface area contributed by atoms with Crippen molar-refractivity contribution in [2.45, 2.75) is 12.1 Å². The van der Waals surface area contributed by atoms with Crippen LogP contribution in [0.5, 0.6) is 0 Å². The highest BCUT2D eigenvalue weighted by atomic mass is 16.7. The van der Waals surface area contributed by atoms with Gasteiger partial charge in [0.15, 0.2) is 6.10 Å². The average Bonchev–Trinajstić information content (AvgIpc) is 3.35. The molecule has 2 heterocycles. The van der Waals surface area contributed by atoms with E-state index in [1.165, 1.54) is 53.6 Å². The molecule has 2 aliphatic rings. The van der Waals surface area contributed by atoms with Crippen LogP contribution in [-0.2, 0) is 14.4 Å². The lowest BCUT2D eigenvalue weighted by Gasteiger charge is -2.28. The van der Waals surface area contributed by atoms with E-state index in [0.717, 1.165) is 4.90 Å². The van der Waals surface area contributed by atoms with Gasteiger partial charge in [0.2, 0.25) is 5.91 Å². The largest absolute Gasteiger partial charge is 0.273 e. The highest BCUT2D eigenvalue weighted by molar-refractivity contribution is 6.24. The van der Waals surface area contributed by atoms with Gasteiger partial charge in [-0.25, -0.2) is 9.96 Å². The van der Waals surface area contributed by atoms with Gasteiger partial charge in [0, 0.05) is 24.3 Å². The van der Waals surface area contributed by atoms with Gasteiger partial charge in [-0.3, -0.25) is 34.7 Å². The van der Waals surface area contributed by atoms with E-state index in [1.54, 1.807) is 24.3 Å². The monoisotopic (exact) mass is 460 g/mol. The van der Waals surface area contributed by atoms with E-state index in [1.807, 2.05) is 6.07 Å². The maximum Gasteiger partial charge on any atom is 0.269 e. The molecule has 0 aliphatic carbocycles. The molecule has 0 bridgehead atoms. The highest BCUT2D eigenvalue weighted by Crippen LogP contribution is 2.47. The van der Waals surface area contributed by atoms with Crippen LogP contribution < -0.4 is 9.96 Å². The minimum Gasteiger partial charge on any atom is -0.273 e. The molecule has 2 amide bonds. The van der Waals surface area contributed by atoms with Gasteiger partial charge in [-0.15, -0.1) is 0 Å². The van der Waals surface area contributed by atoms with Crippen LogP contribution in [0.25, 0.3) is 0 Å². The summed E-state index contributed by atoms with van der Waals surface area (Å²) in [6.07, 6.45) is -1.12. The van der Waals surface area contributed by atoms with Crippen LogP contribution in [0.3, 0.4) is 0 Å². The molecular formula is C23H16N4O7. The zero-order valence-electron chi connectivity index (χ0n) is 17.4. The number of para-hydroxylation sites is 1. The molecule has 2 aliphatic heterocycles. The summed E-state index contributed by atoms with van der Waals surface area (Å²) < 4.78 is 0. The summed E-state index contributed by atoms with van der Waals surface area (Å²) in [5.74, 6) is -2.04. The number of hydrogen-bond donors (Lipinski definition) is 0. The molecule has 34 heavy (non-hydrogen) atoms. The second-order valence-electron chi connectivity index (χ2n) is 7.79. The standard InChI is InChI=1S/C23H16N4O7/c28-22-19-20(14-6-8-17(9-7-14)26(30)31)25(16-4-2-1-3-5-16)34-21(19)23(29)24(22)15-10-12-18(13-11-15)27(32)33/h1-13,19-21H/t19-,20-,21-/m1/s1. The molecule has 0 aromatic heterocycles. The van der Waals surface area contributed by atoms with Crippen LogP contribution in [-0.4, -0.2) is 27.8 Å². The zero-order chi connectivity index (χ0) is 24.0. The summed E-state index contributed by atoms with van der Waals surface area (Å²) in [4.78, 5) is 54.7. The lowest BCUT2D eigenvalue weighted by atomic mass is 9.90. The Morgan fingerprint density at radius 2 is 1.26 bits per heavy atom. The van der Waals surface area contributed by atoms with Crippen molar-refractivity contribution in [2.75, 3.05) is 9.96 Å². The second kappa shape index (κ2) is 8.05. The fourth-order valence-corrected chi connectivity index (χ4v) is 4.32. The van der Waals surface area contributed by atoms with Gasteiger partial charge >= 0.3 is 0 Å². The first-order chi connectivity index (χ1) is 16.4. The first kappa shape index (κ1) is 21.2. The molecule has 2 saturated heterocycles. The first-order valence-electron chi connectivity index (χ1n) is 10.2. The van der Waals surface area contributed by atoms with Gasteiger partial charge in [-0.2, -0.15) is 0 Å². The molecule has 5 rings (SSSR count). The molecule has 3 aromatic carbocycles. The number of hydroxylamine groups is 1. The summed E-state index contributed by atoms with van der Waals surface area (Å²) in [6.45, 7) is 0. The predicted octanol–water partition coefficient (Wildman–Crippen LogP) is 3.55. The highest BCUT2D eigenvalue weighted by Gasteiger charge is 2.60. The topological polar surface area (TPSA) is 136 Å². The van der Waals surface area contributed by atoms with Gasteiger partial charge in [-0.05, 0) is 29.8 Å². The lowest BCUT2D eigenvalue weighted by Crippen LogP contribution is -2.37. The van der Waals surface area contributed by atoms with Crippen molar-refractivity contribution in [3.8, 4) is 0 Å². The smallest absolute Gasteiger partial charge is 0.269 e. The number of fused-ring (bicyclic) bond motifs is 1. The summed E-state index contributed by atoms with van der Waals surface area (Å²) in [5.41, 5.74) is 1.11.